The van der Waals surface area contributed by atoms with Crippen molar-refractivity contribution in [2.24, 2.45) is 0 Å². The van der Waals surface area contributed by atoms with Crippen LogP contribution in [0.5, 0.6) is 0 Å². The third kappa shape index (κ3) is 5.48. The number of hydrogen-bond acceptors (Lipinski definition) is 3. The van der Waals surface area contributed by atoms with Crippen molar-refractivity contribution in [3.05, 3.63) is 88.5 Å². The first-order chi connectivity index (χ1) is 15.9. The zero-order valence-electron chi connectivity index (χ0n) is 18.5. The van der Waals surface area contributed by atoms with Gasteiger partial charge in [0.05, 0.1) is 11.8 Å². The van der Waals surface area contributed by atoms with Gasteiger partial charge in [-0.25, -0.2) is 13.1 Å². The SMILES string of the molecule is Cc1ccc(-c2ccc(C(F)(F)F)cc2)c(C(=O)Nc2ccc3c(c2)C[C@@H](NS(C)(=O)=O)C3)c1. The number of anilines is 1. The summed E-state index contributed by atoms with van der Waals surface area (Å²) in [6, 6.07) is 15.1. The smallest absolute Gasteiger partial charge is 0.322 e. The molecule has 0 bridgehead atoms. The zero-order valence-corrected chi connectivity index (χ0v) is 19.3. The van der Waals surface area contributed by atoms with E-state index in [0.717, 1.165) is 35.1 Å². The molecule has 34 heavy (non-hydrogen) atoms. The molecule has 0 spiro atoms. The number of carbonyl (C=O) groups is 1. The molecule has 3 aromatic rings. The quantitative estimate of drug-likeness (QED) is 0.534. The molecule has 3 aromatic carbocycles. The van der Waals surface area contributed by atoms with E-state index in [-0.39, 0.29) is 11.9 Å². The molecule has 1 amide bonds. The number of nitrogens with one attached hydrogen (secondary N) is 2. The lowest BCUT2D eigenvalue weighted by Crippen LogP contribution is -2.34. The number of carbonyl (C=O) groups excluding carboxylic acids is 1. The molecule has 1 atom stereocenters. The van der Waals surface area contributed by atoms with Crippen molar-refractivity contribution in [3.8, 4) is 11.1 Å². The summed E-state index contributed by atoms with van der Waals surface area (Å²) in [4.78, 5) is 13.2. The second kappa shape index (κ2) is 8.88. The van der Waals surface area contributed by atoms with E-state index in [9.17, 15) is 26.4 Å². The molecule has 1 aliphatic carbocycles. The molecule has 2 N–H and O–H groups in total. The maximum Gasteiger partial charge on any atom is 0.416 e. The number of fused-ring (bicyclic) bond motifs is 1. The number of benzene rings is 3. The Morgan fingerprint density at radius 2 is 1.62 bits per heavy atom. The maximum absolute atomic E-state index is 13.2. The lowest BCUT2D eigenvalue weighted by Gasteiger charge is -2.13. The molecular formula is C25H23F3N2O3S. The number of halogens is 3. The van der Waals surface area contributed by atoms with Crippen LogP contribution in [-0.2, 0) is 29.0 Å². The van der Waals surface area contributed by atoms with Crippen LogP contribution < -0.4 is 10.0 Å². The summed E-state index contributed by atoms with van der Waals surface area (Å²) in [6.45, 7) is 1.83. The molecule has 178 valence electrons. The first-order valence-corrected chi connectivity index (χ1v) is 12.5. The van der Waals surface area contributed by atoms with Crippen LogP contribution in [0.25, 0.3) is 11.1 Å². The first kappa shape index (κ1) is 24.0. The number of aryl methyl sites for hydroxylation is 1. The summed E-state index contributed by atoms with van der Waals surface area (Å²) in [7, 11) is -3.32. The average Bonchev–Trinajstić information content (AvgIpc) is 3.12. The van der Waals surface area contributed by atoms with Crippen LogP contribution in [-0.4, -0.2) is 26.6 Å². The van der Waals surface area contributed by atoms with Gasteiger partial charge >= 0.3 is 6.18 Å². The van der Waals surface area contributed by atoms with Crippen LogP contribution >= 0.6 is 0 Å². The van der Waals surface area contributed by atoms with E-state index in [1.54, 1.807) is 24.3 Å². The highest BCUT2D eigenvalue weighted by Crippen LogP contribution is 2.33. The van der Waals surface area contributed by atoms with E-state index in [4.69, 9.17) is 0 Å². The lowest BCUT2D eigenvalue weighted by molar-refractivity contribution is -0.137. The normalized spacial score (nSPS) is 15.7. The Kier molecular flexibility index (Phi) is 6.26. The van der Waals surface area contributed by atoms with Crippen LogP contribution in [0.2, 0.25) is 0 Å². The second-order valence-electron chi connectivity index (χ2n) is 8.56. The van der Waals surface area contributed by atoms with Crippen LogP contribution in [0, 0.1) is 6.92 Å². The Morgan fingerprint density at radius 3 is 2.26 bits per heavy atom. The Labute approximate surface area is 196 Å². The standard InChI is InChI=1S/C25H23F3N2O3S/c1-15-3-10-22(16-4-7-19(8-5-16)25(26,27)28)23(11-15)24(31)29-20-9-6-17-12-21(14-18(17)13-20)30-34(2,32)33/h3-11,13,21,30H,12,14H2,1-2H3,(H,29,31)/t21-/m0/s1. The van der Waals surface area contributed by atoms with Crippen LogP contribution in [0.3, 0.4) is 0 Å². The molecule has 1 aliphatic rings. The number of hydrogen-bond donors (Lipinski definition) is 2. The van der Waals surface area contributed by atoms with Gasteiger partial charge in [0.1, 0.15) is 0 Å². The van der Waals surface area contributed by atoms with Crippen molar-refractivity contribution < 1.29 is 26.4 Å². The van der Waals surface area contributed by atoms with Crippen LogP contribution in [0.4, 0.5) is 18.9 Å². The fourth-order valence-electron chi connectivity index (χ4n) is 4.22. The molecule has 0 fully saturated rings. The number of amides is 1. The van der Waals surface area contributed by atoms with E-state index in [1.165, 1.54) is 12.1 Å². The van der Waals surface area contributed by atoms with Crippen molar-refractivity contribution in [1.82, 2.24) is 4.72 Å². The van der Waals surface area contributed by atoms with Crippen LogP contribution in [0.1, 0.15) is 32.6 Å². The minimum absolute atomic E-state index is 0.223. The largest absolute Gasteiger partial charge is 0.416 e. The fraction of sp³-hybridized carbons (Fsp3) is 0.240. The number of rotatable bonds is 5. The molecule has 0 aromatic heterocycles. The molecular weight excluding hydrogens is 465 g/mol. The van der Waals surface area contributed by atoms with Crippen molar-refractivity contribution in [2.75, 3.05) is 11.6 Å². The molecule has 0 heterocycles. The van der Waals surface area contributed by atoms with Gasteiger partial charge < -0.3 is 5.32 Å². The van der Waals surface area contributed by atoms with Gasteiger partial charge in [0.25, 0.3) is 5.91 Å². The third-order valence-corrected chi connectivity index (χ3v) is 6.48. The fourth-order valence-corrected chi connectivity index (χ4v) is 4.99. The van der Waals surface area contributed by atoms with Crippen LogP contribution in [0.15, 0.2) is 60.7 Å². The highest BCUT2D eigenvalue weighted by Gasteiger charge is 2.30. The Bertz CT molecular complexity index is 1350. The molecule has 5 nitrogen and oxygen atoms in total. The summed E-state index contributed by atoms with van der Waals surface area (Å²) in [6.07, 6.45) is -2.22. The summed E-state index contributed by atoms with van der Waals surface area (Å²) in [5.74, 6) is -0.387. The van der Waals surface area contributed by atoms with Crippen molar-refractivity contribution in [2.45, 2.75) is 32.0 Å². The highest BCUT2D eigenvalue weighted by molar-refractivity contribution is 7.88. The van der Waals surface area contributed by atoms with Gasteiger partial charge in [0.15, 0.2) is 0 Å². The first-order valence-electron chi connectivity index (χ1n) is 10.6. The highest BCUT2D eigenvalue weighted by atomic mass is 32.2. The van der Waals surface area contributed by atoms with Crippen molar-refractivity contribution >= 4 is 21.6 Å². The van der Waals surface area contributed by atoms with Gasteiger partial charge in [-0.1, -0.05) is 35.9 Å². The Hall–Kier alpha value is -3.17. The van der Waals surface area contributed by atoms with E-state index >= 15 is 0 Å². The molecule has 9 heteroatoms. The maximum atomic E-state index is 13.2. The number of sulfonamides is 1. The van der Waals surface area contributed by atoms with E-state index in [0.29, 0.717) is 35.2 Å². The summed E-state index contributed by atoms with van der Waals surface area (Å²) >= 11 is 0. The van der Waals surface area contributed by atoms with Gasteiger partial charge in [0, 0.05) is 17.3 Å². The van der Waals surface area contributed by atoms with Gasteiger partial charge in [-0.05, 0) is 72.4 Å². The van der Waals surface area contributed by atoms with Gasteiger partial charge in [0.2, 0.25) is 10.0 Å². The molecule has 0 unspecified atom stereocenters. The predicted octanol–water partition coefficient (Wildman–Crippen LogP) is 4.95. The zero-order chi connectivity index (χ0) is 24.7. The minimum Gasteiger partial charge on any atom is -0.322 e. The topological polar surface area (TPSA) is 75.3 Å². The minimum atomic E-state index is -4.44. The molecule has 0 aliphatic heterocycles. The van der Waals surface area contributed by atoms with E-state index < -0.39 is 21.8 Å². The van der Waals surface area contributed by atoms with Crippen molar-refractivity contribution in [3.63, 3.8) is 0 Å². The summed E-state index contributed by atoms with van der Waals surface area (Å²) < 4.78 is 64.4. The lowest BCUT2D eigenvalue weighted by atomic mass is 9.96. The monoisotopic (exact) mass is 488 g/mol. The Balaban J connectivity index is 1.57. The molecule has 4 rings (SSSR count). The van der Waals surface area contributed by atoms with E-state index in [1.807, 2.05) is 19.1 Å². The van der Waals surface area contributed by atoms with E-state index in [2.05, 4.69) is 10.0 Å². The molecule has 0 saturated heterocycles. The van der Waals surface area contributed by atoms with Crippen molar-refractivity contribution in [1.29, 1.82) is 0 Å². The molecule has 0 radical (unpaired) electrons. The number of alkyl halides is 3. The molecule has 0 saturated carbocycles. The Morgan fingerprint density at radius 1 is 0.941 bits per heavy atom. The van der Waals surface area contributed by atoms with Gasteiger partial charge in [-0.15, -0.1) is 0 Å². The third-order valence-electron chi connectivity index (χ3n) is 5.72. The average molecular weight is 489 g/mol. The predicted molar refractivity (Wildman–Crippen MR) is 125 cm³/mol. The van der Waals surface area contributed by atoms with Gasteiger partial charge in [-0.2, -0.15) is 13.2 Å². The summed E-state index contributed by atoms with van der Waals surface area (Å²) in [5, 5.41) is 2.87. The van der Waals surface area contributed by atoms with Gasteiger partial charge in [-0.3, -0.25) is 4.79 Å². The summed E-state index contributed by atoms with van der Waals surface area (Å²) in [5.41, 5.74) is 3.98. The second-order valence-corrected chi connectivity index (χ2v) is 10.3.